The van der Waals surface area contributed by atoms with Crippen molar-refractivity contribution in [3.05, 3.63) is 65.5 Å². The Balaban J connectivity index is 1.94. The number of hydrogen-bond acceptors (Lipinski definition) is 4. The number of carbonyl (C=O) groups is 1. The van der Waals surface area contributed by atoms with E-state index in [1.165, 1.54) is 12.1 Å². The molecule has 0 bridgehead atoms. The Hall–Kier alpha value is -3.50. The molecule has 0 atom stereocenters. The monoisotopic (exact) mass is 439 g/mol. The normalized spacial score (nSPS) is 11.6. The Bertz CT molecular complexity index is 1090. The van der Waals surface area contributed by atoms with Crippen molar-refractivity contribution in [1.82, 2.24) is 15.0 Å². The van der Waals surface area contributed by atoms with Crippen LogP contribution in [0.2, 0.25) is 0 Å². The molecule has 1 amide bonds. The van der Waals surface area contributed by atoms with Crippen LogP contribution < -0.4 is 10.2 Å². The van der Waals surface area contributed by atoms with Crippen LogP contribution in [0.25, 0.3) is 5.69 Å². The molecule has 2 aromatic carbocycles. The quantitative estimate of drug-likeness (QED) is 0.588. The minimum atomic E-state index is -4.99. The van der Waals surface area contributed by atoms with Crippen molar-refractivity contribution >= 4 is 17.3 Å². The van der Waals surface area contributed by atoms with E-state index in [4.69, 9.17) is 0 Å². The summed E-state index contributed by atoms with van der Waals surface area (Å²) in [5.41, 5.74) is -2.35. The van der Waals surface area contributed by atoms with E-state index in [0.29, 0.717) is 4.68 Å². The molecule has 164 valence electrons. The number of halogens is 5. The van der Waals surface area contributed by atoms with Gasteiger partial charge in [0.15, 0.2) is 11.4 Å². The summed E-state index contributed by atoms with van der Waals surface area (Å²) < 4.78 is 68.9. The van der Waals surface area contributed by atoms with Crippen LogP contribution in [0.15, 0.2) is 42.5 Å². The first-order valence-corrected chi connectivity index (χ1v) is 9.11. The Labute approximate surface area is 174 Å². The standard InChI is InChI=1S/C20H18F5N5O/c1-11(2)29(3)16-9-6-13(10-15(16)22)26-19(31)17-18(20(23,24)25)30(28-27-17)14-7-4-12(21)5-8-14/h4-11H,1-3H3,(H,26,31). The zero-order chi connectivity index (χ0) is 22.9. The number of alkyl halides is 3. The van der Waals surface area contributed by atoms with E-state index in [-0.39, 0.29) is 23.1 Å². The van der Waals surface area contributed by atoms with Crippen LogP contribution in [-0.2, 0) is 6.18 Å². The van der Waals surface area contributed by atoms with E-state index in [2.05, 4.69) is 15.6 Å². The lowest BCUT2D eigenvalue weighted by Crippen LogP contribution is -2.26. The summed E-state index contributed by atoms with van der Waals surface area (Å²) in [6.07, 6.45) is -4.99. The second kappa shape index (κ2) is 8.32. The molecule has 3 rings (SSSR count). The first-order chi connectivity index (χ1) is 14.5. The van der Waals surface area contributed by atoms with E-state index in [0.717, 1.165) is 30.3 Å². The fraction of sp³-hybridized carbons (Fsp3) is 0.250. The van der Waals surface area contributed by atoms with Crippen molar-refractivity contribution in [3.63, 3.8) is 0 Å². The molecule has 0 aliphatic carbocycles. The van der Waals surface area contributed by atoms with Gasteiger partial charge in [-0.05, 0) is 56.3 Å². The molecule has 0 saturated heterocycles. The summed E-state index contributed by atoms with van der Waals surface area (Å²) in [6, 6.07) is 7.83. The molecule has 0 fully saturated rings. The Morgan fingerprint density at radius 2 is 1.74 bits per heavy atom. The molecule has 0 radical (unpaired) electrons. The van der Waals surface area contributed by atoms with Crippen molar-refractivity contribution in [2.45, 2.75) is 26.1 Å². The van der Waals surface area contributed by atoms with Crippen LogP contribution >= 0.6 is 0 Å². The second-order valence-electron chi connectivity index (χ2n) is 7.00. The number of hydrogen-bond donors (Lipinski definition) is 1. The predicted octanol–water partition coefficient (Wildman–Crippen LogP) is 4.66. The summed E-state index contributed by atoms with van der Waals surface area (Å²) in [5, 5.41) is 8.96. The molecule has 0 aliphatic rings. The first kappa shape index (κ1) is 22.2. The van der Waals surface area contributed by atoms with Crippen LogP contribution in [0.1, 0.15) is 30.0 Å². The van der Waals surface area contributed by atoms with Crippen LogP contribution in [0, 0.1) is 11.6 Å². The number of anilines is 2. The van der Waals surface area contributed by atoms with E-state index in [1.54, 1.807) is 11.9 Å². The van der Waals surface area contributed by atoms with Gasteiger partial charge in [-0.2, -0.15) is 13.2 Å². The molecule has 0 aliphatic heterocycles. The third kappa shape index (κ3) is 4.65. The minimum absolute atomic E-state index is 0.00536. The maximum absolute atomic E-state index is 14.4. The average Bonchev–Trinajstić information content (AvgIpc) is 3.14. The van der Waals surface area contributed by atoms with Crippen LogP contribution in [0.4, 0.5) is 33.3 Å². The van der Waals surface area contributed by atoms with Gasteiger partial charge in [0.25, 0.3) is 5.91 Å². The van der Waals surface area contributed by atoms with Gasteiger partial charge in [0.05, 0.1) is 11.4 Å². The van der Waals surface area contributed by atoms with Gasteiger partial charge in [0.2, 0.25) is 0 Å². The van der Waals surface area contributed by atoms with Gasteiger partial charge in [-0.25, -0.2) is 13.5 Å². The zero-order valence-corrected chi connectivity index (χ0v) is 16.7. The molecule has 6 nitrogen and oxygen atoms in total. The highest BCUT2D eigenvalue weighted by molar-refractivity contribution is 6.03. The highest BCUT2D eigenvalue weighted by atomic mass is 19.4. The average molecular weight is 439 g/mol. The molecular formula is C20H18F5N5O. The third-order valence-electron chi connectivity index (χ3n) is 4.59. The number of rotatable bonds is 5. The Morgan fingerprint density at radius 1 is 1.10 bits per heavy atom. The molecule has 0 saturated carbocycles. The topological polar surface area (TPSA) is 63.1 Å². The fourth-order valence-corrected chi connectivity index (χ4v) is 2.79. The number of nitrogens with one attached hydrogen (secondary N) is 1. The smallest absolute Gasteiger partial charge is 0.370 e. The summed E-state index contributed by atoms with van der Waals surface area (Å²) in [5.74, 6) is -2.52. The van der Waals surface area contributed by atoms with Crippen molar-refractivity contribution in [2.75, 3.05) is 17.3 Å². The van der Waals surface area contributed by atoms with Gasteiger partial charge in [0.1, 0.15) is 11.6 Å². The predicted molar refractivity (Wildman–Crippen MR) is 104 cm³/mol. The highest BCUT2D eigenvalue weighted by Gasteiger charge is 2.42. The van der Waals surface area contributed by atoms with Crippen molar-refractivity contribution < 1.29 is 26.7 Å². The van der Waals surface area contributed by atoms with E-state index >= 15 is 0 Å². The van der Waals surface area contributed by atoms with Gasteiger partial charge >= 0.3 is 6.18 Å². The number of amides is 1. The highest BCUT2D eigenvalue weighted by Crippen LogP contribution is 2.33. The molecule has 31 heavy (non-hydrogen) atoms. The lowest BCUT2D eigenvalue weighted by molar-refractivity contribution is -0.143. The van der Waals surface area contributed by atoms with Gasteiger partial charge in [-0.3, -0.25) is 4.79 Å². The van der Waals surface area contributed by atoms with Crippen LogP contribution in [0.3, 0.4) is 0 Å². The summed E-state index contributed by atoms with van der Waals surface area (Å²) >= 11 is 0. The molecule has 1 N–H and O–H groups in total. The van der Waals surface area contributed by atoms with Gasteiger partial charge in [-0.15, -0.1) is 5.10 Å². The first-order valence-electron chi connectivity index (χ1n) is 9.11. The molecule has 11 heteroatoms. The summed E-state index contributed by atoms with van der Waals surface area (Å²) in [6.45, 7) is 3.72. The van der Waals surface area contributed by atoms with Gasteiger partial charge in [-0.1, -0.05) is 5.21 Å². The lowest BCUT2D eigenvalue weighted by Gasteiger charge is -2.24. The molecular weight excluding hydrogens is 421 g/mol. The van der Waals surface area contributed by atoms with E-state index in [9.17, 15) is 26.7 Å². The largest absolute Gasteiger partial charge is 0.435 e. The van der Waals surface area contributed by atoms with E-state index in [1.807, 2.05) is 13.8 Å². The van der Waals surface area contributed by atoms with Gasteiger partial charge in [0, 0.05) is 18.8 Å². The minimum Gasteiger partial charge on any atom is -0.370 e. The molecule has 1 heterocycles. The molecule has 0 unspecified atom stereocenters. The van der Waals surface area contributed by atoms with E-state index < -0.39 is 35.1 Å². The number of aromatic nitrogens is 3. The maximum atomic E-state index is 14.4. The molecule has 3 aromatic rings. The zero-order valence-electron chi connectivity index (χ0n) is 16.7. The molecule has 0 spiro atoms. The second-order valence-corrected chi connectivity index (χ2v) is 7.00. The van der Waals surface area contributed by atoms with Crippen molar-refractivity contribution in [2.24, 2.45) is 0 Å². The van der Waals surface area contributed by atoms with Crippen molar-refractivity contribution in [1.29, 1.82) is 0 Å². The molecule has 1 aromatic heterocycles. The fourth-order valence-electron chi connectivity index (χ4n) is 2.79. The van der Waals surface area contributed by atoms with Gasteiger partial charge < -0.3 is 10.2 Å². The number of carbonyl (C=O) groups excluding carboxylic acids is 1. The summed E-state index contributed by atoms with van der Waals surface area (Å²) in [4.78, 5) is 14.2. The Kier molecular flexibility index (Phi) is 5.96. The van der Waals surface area contributed by atoms with Crippen LogP contribution in [0.5, 0.6) is 0 Å². The number of nitrogens with zero attached hydrogens (tertiary/aromatic N) is 4. The Morgan fingerprint density at radius 3 is 2.29 bits per heavy atom. The van der Waals surface area contributed by atoms with Crippen LogP contribution in [-0.4, -0.2) is 34.0 Å². The summed E-state index contributed by atoms with van der Waals surface area (Å²) in [7, 11) is 1.69. The maximum Gasteiger partial charge on any atom is 0.435 e. The number of benzene rings is 2. The lowest BCUT2D eigenvalue weighted by atomic mass is 10.2. The SMILES string of the molecule is CC(C)N(C)c1ccc(NC(=O)c2nnn(-c3ccc(F)cc3)c2C(F)(F)F)cc1F. The van der Waals surface area contributed by atoms with Crippen molar-refractivity contribution in [3.8, 4) is 5.69 Å². The third-order valence-corrected chi connectivity index (χ3v) is 4.59.